The predicted octanol–water partition coefficient (Wildman–Crippen LogP) is 1.52. The standard InChI is InChI=1S/C12H14FN5O3/c1-6(15-2)3-10-16-12(21-17-10)8-4-7(13)5-9(11(8)14)18(19)20/h4-6,15H,3,14H2,1-2H3. The molecule has 1 aromatic heterocycles. The summed E-state index contributed by atoms with van der Waals surface area (Å²) in [5.74, 6) is -0.444. The Bertz CT molecular complexity index is 673. The van der Waals surface area contributed by atoms with Crippen LogP contribution in [0, 0.1) is 15.9 Å². The maximum absolute atomic E-state index is 13.5. The zero-order valence-electron chi connectivity index (χ0n) is 11.5. The number of halogens is 1. The molecule has 8 nitrogen and oxygen atoms in total. The number of aromatic nitrogens is 2. The molecule has 0 aliphatic carbocycles. The minimum absolute atomic E-state index is 0.0116. The Morgan fingerprint density at radius 3 is 2.90 bits per heavy atom. The van der Waals surface area contributed by atoms with E-state index < -0.39 is 16.4 Å². The van der Waals surface area contributed by atoms with Crippen molar-refractivity contribution < 1.29 is 13.8 Å². The van der Waals surface area contributed by atoms with Gasteiger partial charge >= 0.3 is 0 Å². The molecule has 1 atom stereocenters. The zero-order valence-corrected chi connectivity index (χ0v) is 11.5. The maximum atomic E-state index is 13.5. The molecule has 2 aromatic rings. The van der Waals surface area contributed by atoms with Crippen LogP contribution in [-0.4, -0.2) is 28.2 Å². The van der Waals surface area contributed by atoms with Gasteiger partial charge in [0.15, 0.2) is 5.82 Å². The highest BCUT2D eigenvalue weighted by atomic mass is 19.1. The monoisotopic (exact) mass is 295 g/mol. The molecule has 112 valence electrons. The fourth-order valence-electron chi connectivity index (χ4n) is 1.75. The van der Waals surface area contributed by atoms with E-state index in [0.717, 1.165) is 12.1 Å². The van der Waals surface area contributed by atoms with E-state index in [1.807, 2.05) is 6.92 Å². The van der Waals surface area contributed by atoms with Crippen LogP contribution in [0.5, 0.6) is 0 Å². The molecule has 0 bridgehead atoms. The average molecular weight is 295 g/mol. The third-order valence-corrected chi connectivity index (χ3v) is 3.00. The van der Waals surface area contributed by atoms with E-state index in [9.17, 15) is 14.5 Å². The van der Waals surface area contributed by atoms with Crippen molar-refractivity contribution in [1.82, 2.24) is 15.5 Å². The van der Waals surface area contributed by atoms with Crippen molar-refractivity contribution in [2.24, 2.45) is 0 Å². The van der Waals surface area contributed by atoms with Gasteiger partial charge in [0.2, 0.25) is 0 Å². The summed E-state index contributed by atoms with van der Waals surface area (Å²) in [6.07, 6.45) is 0.497. The normalized spacial score (nSPS) is 12.3. The van der Waals surface area contributed by atoms with Crippen molar-refractivity contribution in [3.63, 3.8) is 0 Å². The van der Waals surface area contributed by atoms with Crippen molar-refractivity contribution in [3.8, 4) is 11.5 Å². The Balaban J connectivity index is 2.40. The maximum Gasteiger partial charge on any atom is 0.295 e. The number of nitrogens with one attached hydrogen (secondary N) is 1. The molecule has 1 heterocycles. The lowest BCUT2D eigenvalue weighted by Crippen LogP contribution is -2.24. The summed E-state index contributed by atoms with van der Waals surface area (Å²) in [6.45, 7) is 1.93. The summed E-state index contributed by atoms with van der Waals surface area (Å²) in [4.78, 5) is 14.2. The quantitative estimate of drug-likeness (QED) is 0.487. The highest BCUT2D eigenvalue weighted by Crippen LogP contribution is 2.33. The summed E-state index contributed by atoms with van der Waals surface area (Å²) >= 11 is 0. The molecule has 2 rings (SSSR count). The number of nitrogens with two attached hydrogens (primary N) is 1. The van der Waals surface area contributed by atoms with Crippen LogP contribution in [0.4, 0.5) is 15.8 Å². The van der Waals surface area contributed by atoms with Crippen LogP contribution < -0.4 is 11.1 Å². The molecule has 0 aliphatic heterocycles. The molecule has 0 amide bonds. The van der Waals surface area contributed by atoms with Gasteiger partial charge in [-0.05, 0) is 20.0 Å². The number of hydrogen-bond acceptors (Lipinski definition) is 7. The lowest BCUT2D eigenvalue weighted by atomic mass is 10.1. The van der Waals surface area contributed by atoms with E-state index >= 15 is 0 Å². The van der Waals surface area contributed by atoms with E-state index in [2.05, 4.69) is 15.5 Å². The fourth-order valence-corrected chi connectivity index (χ4v) is 1.75. The molecule has 3 N–H and O–H groups in total. The summed E-state index contributed by atoms with van der Waals surface area (Å²) in [5.41, 5.74) is 4.94. The molecule has 21 heavy (non-hydrogen) atoms. The molecule has 9 heteroatoms. The van der Waals surface area contributed by atoms with Crippen LogP contribution in [0.25, 0.3) is 11.5 Å². The molecular formula is C12H14FN5O3. The molecule has 0 radical (unpaired) electrons. The molecule has 0 aliphatic rings. The van der Waals surface area contributed by atoms with Crippen LogP contribution in [0.15, 0.2) is 16.7 Å². The first-order valence-electron chi connectivity index (χ1n) is 6.16. The molecular weight excluding hydrogens is 281 g/mol. The van der Waals surface area contributed by atoms with Crippen molar-refractivity contribution in [2.45, 2.75) is 19.4 Å². The third kappa shape index (κ3) is 3.14. The zero-order chi connectivity index (χ0) is 15.6. The van der Waals surface area contributed by atoms with Gasteiger partial charge in [0.1, 0.15) is 11.5 Å². The topological polar surface area (TPSA) is 120 Å². The minimum atomic E-state index is -0.797. The smallest absolute Gasteiger partial charge is 0.295 e. The number of benzene rings is 1. The van der Waals surface area contributed by atoms with Crippen LogP contribution in [0.3, 0.4) is 0 Å². The Morgan fingerprint density at radius 2 is 2.29 bits per heavy atom. The Morgan fingerprint density at radius 1 is 1.57 bits per heavy atom. The average Bonchev–Trinajstić information content (AvgIpc) is 2.88. The molecule has 0 saturated heterocycles. The summed E-state index contributed by atoms with van der Waals surface area (Å²) < 4.78 is 18.5. The summed E-state index contributed by atoms with van der Waals surface area (Å²) in [7, 11) is 1.79. The number of hydrogen-bond donors (Lipinski definition) is 2. The number of nitrogen functional groups attached to an aromatic ring is 1. The number of anilines is 1. The second-order valence-corrected chi connectivity index (χ2v) is 4.55. The third-order valence-electron chi connectivity index (χ3n) is 3.00. The second-order valence-electron chi connectivity index (χ2n) is 4.55. The fraction of sp³-hybridized carbons (Fsp3) is 0.333. The number of likely N-dealkylation sites (N-methyl/N-ethyl adjacent to an activating group) is 1. The highest BCUT2D eigenvalue weighted by Gasteiger charge is 2.22. The first-order valence-corrected chi connectivity index (χ1v) is 6.16. The lowest BCUT2D eigenvalue weighted by Gasteiger charge is -2.05. The van der Waals surface area contributed by atoms with Crippen LogP contribution >= 0.6 is 0 Å². The molecule has 0 fully saturated rings. The minimum Gasteiger partial charge on any atom is -0.393 e. The van der Waals surface area contributed by atoms with Gasteiger partial charge in [-0.1, -0.05) is 5.16 Å². The van der Waals surface area contributed by atoms with E-state index in [-0.39, 0.29) is 23.2 Å². The van der Waals surface area contributed by atoms with Gasteiger partial charge in [0.25, 0.3) is 11.6 Å². The Hall–Kier alpha value is -2.55. The molecule has 1 aromatic carbocycles. The number of nitrogens with zero attached hydrogens (tertiary/aromatic N) is 3. The van der Waals surface area contributed by atoms with Gasteiger partial charge in [-0.25, -0.2) is 4.39 Å². The number of nitro groups is 1. The van der Waals surface area contributed by atoms with E-state index in [4.69, 9.17) is 10.3 Å². The molecule has 0 spiro atoms. The number of rotatable bonds is 5. The largest absolute Gasteiger partial charge is 0.393 e. The molecule has 0 saturated carbocycles. The Labute approximate surface area is 119 Å². The Kier molecular flexibility index (Phi) is 4.13. The lowest BCUT2D eigenvalue weighted by molar-refractivity contribution is -0.384. The van der Waals surface area contributed by atoms with E-state index in [1.54, 1.807) is 7.05 Å². The summed E-state index contributed by atoms with van der Waals surface area (Å²) in [6, 6.07) is 1.90. The van der Waals surface area contributed by atoms with Gasteiger partial charge in [-0.15, -0.1) is 0 Å². The van der Waals surface area contributed by atoms with Crippen molar-refractivity contribution in [3.05, 3.63) is 33.9 Å². The van der Waals surface area contributed by atoms with Crippen molar-refractivity contribution in [2.75, 3.05) is 12.8 Å². The SMILES string of the molecule is CNC(C)Cc1noc(-c2cc(F)cc([N+](=O)[O-])c2N)n1. The van der Waals surface area contributed by atoms with Crippen LogP contribution in [0.1, 0.15) is 12.7 Å². The van der Waals surface area contributed by atoms with Crippen molar-refractivity contribution in [1.29, 1.82) is 0 Å². The predicted molar refractivity (Wildman–Crippen MR) is 73.0 cm³/mol. The first kappa shape index (κ1) is 14.9. The van der Waals surface area contributed by atoms with Crippen molar-refractivity contribution >= 4 is 11.4 Å². The van der Waals surface area contributed by atoms with Crippen LogP contribution in [0.2, 0.25) is 0 Å². The first-order chi connectivity index (χ1) is 9.92. The second kappa shape index (κ2) is 5.83. The van der Waals surface area contributed by atoms with Gasteiger partial charge in [0, 0.05) is 12.5 Å². The van der Waals surface area contributed by atoms with E-state index in [0.29, 0.717) is 12.2 Å². The highest BCUT2D eigenvalue weighted by molar-refractivity contribution is 5.78. The van der Waals surface area contributed by atoms with Crippen LogP contribution in [-0.2, 0) is 6.42 Å². The van der Waals surface area contributed by atoms with Gasteiger partial charge in [-0.2, -0.15) is 4.98 Å². The molecule has 1 unspecified atom stereocenters. The number of nitro benzene ring substituents is 1. The summed E-state index contributed by atoms with van der Waals surface area (Å²) in [5, 5.41) is 17.6. The van der Waals surface area contributed by atoms with Gasteiger partial charge < -0.3 is 15.6 Å². The van der Waals surface area contributed by atoms with E-state index in [1.165, 1.54) is 0 Å². The van der Waals surface area contributed by atoms with Gasteiger partial charge in [-0.3, -0.25) is 10.1 Å². The van der Waals surface area contributed by atoms with Gasteiger partial charge in [0.05, 0.1) is 16.6 Å².